The first-order chi connectivity index (χ1) is 16.8. The van der Waals surface area contributed by atoms with E-state index in [2.05, 4.69) is 15.3 Å². The lowest BCUT2D eigenvalue weighted by molar-refractivity contribution is -0.137. The summed E-state index contributed by atoms with van der Waals surface area (Å²) in [6.07, 6.45) is -3.39. The van der Waals surface area contributed by atoms with E-state index in [0.29, 0.717) is 25.1 Å². The average Bonchev–Trinajstić information content (AvgIpc) is 2.82. The number of aliphatic hydroxyl groups is 1. The number of nitrogens with zero attached hydrogens (tertiary/aromatic N) is 4. The highest BCUT2D eigenvalue weighted by molar-refractivity contribution is 5.83. The lowest BCUT2D eigenvalue weighted by Gasteiger charge is -2.43. The number of likely N-dealkylation sites (tertiary alicyclic amines) is 1. The van der Waals surface area contributed by atoms with E-state index in [1.807, 2.05) is 4.90 Å². The number of aromatic nitrogens is 2. The van der Waals surface area contributed by atoms with Gasteiger partial charge in [-0.3, -0.25) is 9.69 Å². The third-order valence-electron chi connectivity index (χ3n) is 6.75. The summed E-state index contributed by atoms with van der Waals surface area (Å²) in [5, 5.41) is 13.6. The van der Waals surface area contributed by atoms with Gasteiger partial charge in [-0.1, -0.05) is 12.1 Å². The van der Waals surface area contributed by atoms with Crippen LogP contribution in [0.5, 0.6) is 0 Å². The zero-order valence-corrected chi connectivity index (χ0v) is 20.5. The van der Waals surface area contributed by atoms with Gasteiger partial charge in [0.1, 0.15) is 6.33 Å². The SMILES string of the molecule is CCN(Cc1ccc(C(F)(F)F)cc1)c1ncnc(NC[C@@H]2CCN(C(C)(C)C(N)=O)C[C@H]2O)c1F. The smallest absolute Gasteiger partial charge is 0.391 e. The summed E-state index contributed by atoms with van der Waals surface area (Å²) in [6.45, 7) is 6.80. The van der Waals surface area contributed by atoms with Gasteiger partial charge in [-0.15, -0.1) is 0 Å². The molecular formula is C24H32F4N6O2. The van der Waals surface area contributed by atoms with Crippen molar-refractivity contribution in [2.24, 2.45) is 11.7 Å². The number of anilines is 2. The molecule has 1 amide bonds. The molecule has 4 N–H and O–H groups in total. The molecule has 1 aliphatic heterocycles. The van der Waals surface area contributed by atoms with E-state index in [1.165, 1.54) is 18.5 Å². The number of piperidine rings is 1. The molecule has 0 radical (unpaired) electrons. The molecule has 2 aromatic rings. The number of β-amino-alcohol motifs (C(OH)–C–C–N with tert-alkyl or cyclic N) is 1. The molecule has 1 aliphatic rings. The minimum atomic E-state index is -4.43. The third kappa shape index (κ3) is 6.22. The van der Waals surface area contributed by atoms with Crippen LogP contribution in [0.25, 0.3) is 0 Å². The minimum Gasteiger partial charge on any atom is -0.391 e. The van der Waals surface area contributed by atoms with E-state index in [-0.39, 0.29) is 37.2 Å². The van der Waals surface area contributed by atoms with Gasteiger partial charge in [0.25, 0.3) is 0 Å². The quantitative estimate of drug-likeness (QED) is 0.444. The number of rotatable bonds is 9. The molecule has 1 fully saturated rings. The number of benzene rings is 1. The van der Waals surface area contributed by atoms with Crippen molar-refractivity contribution in [1.82, 2.24) is 14.9 Å². The number of amides is 1. The van der Waals surface area contributed by atoms with E-state index in [0.717, 1.165) is 12.1 Å². The van der Waals surface area contributed by atoms with Gasteiger partial charge >= 0.3 is 6.18 Å². The van der Waals surface area contributed by atoms with Gasteiger partial charge in [0.2, 0.25) is 11.7 Å². The Labute approximate surface area is 207 Å². The molecule has 12 heteroatoms. The van der Waals surface area contributed by atoms with Crippen LogP contribution in [0.15, 0.2) is 30.6 Å². The summed E-state index contributed by atoms with van der Waals surface area (Å²) in [5.74, 6) is -1.37. The molecular weight excluding hydrogens is 480 g/mol. The van der Waals surface area contributed by atoms with Crippen LogP contribution in [0.4, 0.5) is 29.2 Å². The van der Waals surface area contributed by atoms with Crippen molar-refractivity contribution >= 4 is 17.5 Å². The number of halogens is 4. The first-order valence-corrected chi connectivity index (χ1v) is 11.7. The lowest BCUT2D eigenvalue weighted by atomic mass is 9.89. The van der Waals surface area contributed by atoms with Gasteiger partial charge < -0.3 is 21.1 Å². The molecule has 0 bridgehead atoms. The van der Waals surface area contributed by atoms with Crippen molar-refractivity contribution in [3.8, 4) is 0 Å². The zero-order valence-electron chi connectivity index (χ0n) is 20.5. The Kier molecular flexibility index (Phi) is 8.40. The summed E-state index contributed by atoms with van der Waals surface area (Å²) in [4.78, 5) is 23.2. The second-order valence-electron chi connectivity index (χ2n) is 9.44. The van der Waals surface area contributed by atoms with Gasteiger partial charge in [0, 0.05) is 32.1 Å². The third-order valence-corrected chi connectivity index (χ3v) is 6.75. The summed E-state index contributed by atoms with van der Waals surface area (Å²) < 4.78 is 53.8. The maximum atomic E-state index is 15.3. The van der Waals surface area contributed by atoms with Crippen LogP contribution < -0.4 is 16.0 Å². The molecule has 1 saturated heterocycles. The Hall–Kier alpha value is -2.99. The summed E-state index contributed by atoms with van der Waals surface area (Å²) in [7, 11) is 0. The lowest BCUT2D eigenvalue weighted by Crippen LogP contribution is -2.59. The Morgan fingerprint density at radius 1 is 1.25 bits per heavy atom. The van der Waals surface area contributed by atoms with Crippen molar-refractivity contribution in [3.63, 3.8) is 0 Å². The maximum Gasteiger partial charge on any atom is 0.416 e. The van der Waals surface area contributed by atoms with Crippen molar-refractivity contribution in [3.05, 3.63) is 47.5 Å². The Balaban J connectivity index is 1.66. The van der Waals surface area contributed by atoms with Crippen LogP contribution in [0.3, 0.4) is 0 Å². The predicted molar refractivity (Wildman–Crippen MR) is 128 cm³/mol. The highest BCUT2D eigenvalue weighted by atomic mass is 19.4. The first kappa shape index (κ1) is 27.6. The fourth-order valence-electron chi connectivity index (χ4n) is 4.17. The van der Waals surface area contributed by atoms with Gasteiger partial charge in [0.15, 0.2) is 11.6 Å². The summed E-state index contributed by atoms with van der Waals surface area (Å²) in [5.41, 5.74) is 4.42. The molecule has 0 unspecified atom stereocenters. The number of alkyl halides is 3. The summed E-state index contributed by atoms with van der Waals surface area (Å²) >= 11 is 0. The Bertz CT molecular complexity index is 1050. The highest BCUT2D eigenvalue weighted by Gasteiger charge is 2.38. The molecule has 2 heterocycles. The minimum absolute atomic E-state index is 0.0217. The van der Waals surface area contributed by atoms with Crippen molar-refractivity contribution in [2.75, 3.05) is 36.4 Å². The van der Waals surface area contributed by atoms with E-state index in [9.17, 15) is 23.1 Å². The van der Waals surface area contributed by atoms with Crippen LogP contribution in [0.2, 0.25) is 0 Å². The fraction of sp³-hybridized carbons (Fsp3) is 0.542. The van der Waals surface area contributed by atoms with Gasteiger partial charge in [-0.25, -0.2) is 9.97 Å². The van der Waals surface area contributed by atoms with Crippen LogP contribution in [-0.2, 0) is 17.5 Å². The molecule has 8 nitrogen and oxygen atoms in total. The molecule has 3 rings (SSSR count). The topological polar surface area (TPSA) is 108 Å². The van der Waals surface area contributed by atoms with E-state index < -0.39 is 35.1 Å². The number of nitrogens with two attached hydrogens (primary N) is 1. The second kappa shape index (κ2) is 11.0. The number of carbonyl (C=O) groups is 1. The number of carbonyl (C=O) groups excluding carboxylic acids is 1. The van der Waals surface area contributed by atoms with Crippen molar-refractivity contribution < 1.29 is 27.5 Å². The van der Waals surface area contributed by atoms with Crippen LogP contribution in [0, 0.1) is 11.7 Å². The number of aliphatic hydroxyl groups excluding tert-OH is 1. The molecule has 1 aromatic carbocycles. The van der Waals surface area contributed by atoms with Gasteiger partial charge in [-0.2, -0.15) is 17.6 Å². The molecule has 198 valence electrons. The first-order valence-electron chi connectivity index (χ1n) is 11.7. The standard InChI is InChI=1S/C24H32F4N6O2/c1-4-33(12-15-5-7-17(8-6-15)24(26,27)28)21-19(25)20(31-14-32-21)30-11-16-9-10-34(13-18(16)35)23(2,3)22(29)36/h5-8,14,16,18,35H,4,9-13H2,1-3H3,(H2,29,36)(H,30,31,32)/t16-,18+/m0/s1. The Morgan fingerprint density at radius 2 is 1.92 bits per heavy atom. The second-order valence-corrected chi connectivity index (χ2v) is 9.44. The predicted octanol–water partition coefficient (Wildman–Crippen LogP) is 3.02. The van der Waals surface area contributed by atoms with Gasteiger partial charge in [-0.05, 0) is 51.4 Å². The van der Waals surface area contributed by atoms with Crippen LogP contribution >= 0.6 is 0 Å². The van der Waals surface area contributed by atoms with E-state index >= 15 is 4.39 Å². The molecule has 1 aromatic heterocycles. The number of hydrogen-bond acceptors (Lipinski definition) is 7. The number of primary amides is 1. The van der Waals surface area contributed by atoms with E-state index in [1.54, 1.807) is 25.7 Å². The largest absolute Gasteiger partial charge is 0.416 e. The van der Waals surface area contributed by atoms with Crippen molar-refractivity contribution in [1.29, 1.82) is 0 Å². The maximum absolute atomic E-state index is 15.3. The van der Waals surface area contributed by atoms with Crippen molar-refractivity contribution in [2.45, 2.75) is 51.6 Å². The van der Waals surface area contributed by atoms with E-state index in [4.69, 9.17) is 5.73 Å². The normalized spacial score (nSPS) is 19.2. The monoisotopic (exact) mass is 512 g/mol. The molecule has 2 atom stereocenters. The average molecular weight is 513 g/mol. The zero-order chi connectivity index (χ0) is 26.7. The Morgan fingerprint density at radius 3 is 2.47 bits per heavy atom. The van der Waals surface area contributed by atoms with Crippen LogP contribution in [-0.4, -0.2) is 63.7 Å². The number of hydrogen-bond donors (Lipinski definition) is 3. The molecule has 0 saturated carbocycles. The highest BCUT2D eigenvalue weighted by Crippen LogP contribution is 2.30. The number of nitrogens with one attached hydrogen (secondary N) is 1. The summed E-state index contributed by atoms with van der Waals surface area (Å²) in [6, 6.07) is 4.70. The fourth-order valence-corrected chi connectivity index (χ4v) is 4.17. The molecule has 0 spiro atoms. The van der Waals surface area contributed by atoms with Crippen LogP contribution in [0.1, 0.15) is 38.3 Å². The van der Waals surface area contributed by atoms with Gasteiger partial charge in [0.05, 0.1) is 17.2 Å². The molecule has 36 heavy (non-hydrogen) atoms. The molecule has 0 aliphatic carbocycles.